The van der Waals surface area contributed by atoms with Crippen molar-refractivity contribution in [2.75, 3.05) is 138 Å². The first-order valence-electron chi connectivity index (χ1n) is 16.8. The molecule has 0 aliphatic carbocycles. The Labute approximate surface area is 273 Å². The summed E-state index contributed by atoms with van der Waals surface area (Å²) < 4.78 is 24.8. The van der Waals surface area contributed by atoms with Crippen molar-refractivity contribution in [2.45, 2.75) is 45.1 Å². The maximum Gasteiger partial charge on any atom is 0.0742 e. The molecule has 3 unspecified atom stereocenters. The molecule has 0 aromatic heterocycles. The molecular weight excluding hydrogens is 574 g/mol. The summed E-state index contributed by atoms with van der Waals surface area (Å²) in [6.45, 7) is 18.5. The summed E-state index contributed by atoms with van der Waals surface area (Å²) in [5.74, 6) is 2.50. The Hall–Kier alpha value is -0.790. The predicted molar refractivity (Wildman–Crippen MR) is 184 cm³/mol. The van der Waals surface area contributed by atoms with Crippen LogP contribution in [0.25, 0.3) is 0 Å². The molecule has 0 saturated carbocycles. The van der Waals surface area contributed by atoms with Gasteiger partial charge in [-0.2, -0.15) is 11.8 Å². The summed E-state index contributed by atoms with van der Waals surface area (Å²) in [4.78, 5) is 11.8. The van der Waals surface area contributed by atoms with E-state index in [1.807, 2.05) is 0 Å². The summed E-state index contributed by atoms with van der Waals surface area (Å²) in [6, 6.07) is 9.23. The highest BCUT2D eigenvalue weighted by Crippen LogP contribution is 2.15. The Bertz CT molecular complexity index is 863. The van der Waals surface area contributed by atoms with Crippen LogP contribution in [0, 0.1) is 0 Å². The first-order chi connectivity index (χ1) is 21.3. The molecule has 3 rings (SSSR count). The van der Waals surface area contributed by atoms with E-state index in [0.717, 1.165) is 85.1 Å². The standard InChI is InChI=1S/C34H63N5O4S/c1-30-26-36(4)12-19-40-18-11-35(3)13-20-41-31(2)27-37(5)15-22-43-34(29-38(6)14-21-42-30)25-32-7-9-33(10-8-32)28-39-16-23-44-24-17-39/h7-10,30-31,34H,11-29H2,1-6H3. The van der Waals surface area contributed by atoms with Crippen LogP contribution in [0.3, 0.4) is 0 Å². The molecule has 0 spiro atoms. The highest BCUT2D eigenvalue weighted by molar-refractivity contribution is 7.99. The molecule has 10 heteroatoms. The van der Waals surface area contributed by atoms with Crippen LogP contribution in [0.5, 0.6) is 0 Å². The molecule has 1 aromatic rings. The van der Waals surface area contributed by atoms with E-state index in [0.29, 0.717) is 13.2 Å². The van der Waals surface area contributed by atoms with E-state index in [1.165, 1.54) is 35.7 Å². The fraction of sp³-hybridized carbons (Fsp3) is 0.824. The molecule has 2 aliphatic heterocycles. The van der Waals surface area contributed by atoms with Crippen molar-refractivity contribution >= 4 is 11.8 Å². The Morgan fingerprint density at radius 3 is 1.68 bits per heavy atom. The van der Waals surface area contributed by atoms with Gasteiger partial charge in [0, 0.05) is 83.5 Å². The third-order valence-corrected chi connectivity index (χ3v) is 9.40. The Morgan fingerprint density at radius 1 is 0.591 bits per heavy atom. The maximum atomic E-state index is 6.56. The molecule has 0 radical (unpaired) electrons. The van der Waals surface area contributed by atoms with Gasteiger partial charge in [0.25, 0.3) is 0 Å². The third-order valence-electron chi connectivity index (χ3n) is 8.46. The lowest BCUT2D eigenvalue weighted by Gasteiger charge is -2.28. The maximum absolute atomic E-state index is 6.56. The lowest BCUT2D eigenvalue weighted by atomic mass is 10.0. The topological polar surface area (TPSA) is 53.1 Å². The van der Waals surface area contributed by atoms with E-state index in [-0.39, 0.29) is 18.3 Å². The van der Waals surface area contributed by atoms with Crippen LogP contribution < -0.4 is 0 Å². The molecule has 254 valence electrons. The van der Waals surface area contributed by atoms with Crippen molar-refractivity contribution < 1.29 is 18.9 Å². The van der Waals surface area contributed by atoms with Gasteiger partial charge in [-0.15, -0.1) is 0 Å². The van der Waals surface area contributed by atoms with Gasteiger partial charge in [0.15, 0.2) is 0 Å². The van der Waals surface area contributed by atoms with E-state index >= 15 is 0 Å². The van der Waals surface area contributed by atoms with E-state index in [2.05, 4.69) is 103 Å². The van der Waals surface area contributed by atoms with E-state index < -0.39 is 0 Å². The quantitative estimate of drug-likeness (QED) is 0.493. The highest BCUT2D eigenvalue weighted by Gasteiger charge is 2.17. The van der Waals surface area contributed by atoms with Gasteiger partial charge in [-0.25, -0.2) is 0 Å². The molecule has 2 aliphatic rings. The lowest BCUT2D eigenvalue weighted by Crippen LogP contribution is -2.38. The number of thioether (sulfide) groups is 1. The van der Waals surface area contributed by atoms with Gasteiger partial charge in [-0.3, -0.25) is 4.90 Å². The van der Waals surface area contributed by atoms with Crippen LogP contribution in [0.1, 0.15) is 25.0 Å². The molecule has 2 fully saturated rings. The fourth-order valence-corrected chi connectivity index (χ4v) is 6.67. The molecule has 2 heterocycles. The summed E-state index contributed by atoms with van der Waals surface area (Å²) in [5, 5.41) is 0. The first-order valence-corrected chi connectivity index (χ1v) is 18.0. The van der Waals surface area contributed by atoms with Crippen LogP contribution in [-0.2, 0) is 31.9 Å². The van der Waals surface area contributed by atoms with Gasteiger partial charge in [0.2, 0.25) is 0 Å². The monoisotopic (exact) mass is 637 g/mol. The Kier molecular flexibility index (Phi) is 18.7. The van der Waals surface area contributed by atoms with Crippen LogP contribution in [0.2, 0.25) is 0 Å². The summed E-state index contributed by atoms with van der Waals surface area (Å²) >= 11 is 2.07. The van der Waals surface area contributed by atoms with Gasteiger partial charge >= 0.3 is 0 Å². The number of rotatable bonds is 4. The summed E-state index contributed by atoms with van der Waals surface area (Å²) in [7, 11) is 8.62. The van der Waals surface area contributed by atoms with Gasteiger partial charge in [0.05, 0.1) is 51.3 Å². The number of hydrogen-bond acceptors (Lipinski definition) is 10. The Morgan fingerprint density at radius 2 is 1.07 bits per heavy atom. The second-order valence-corrected chi connectivity index (χ2v) is 14.2. The minimum Gasteiger partial charge on any atom is -0.379 e. The average Bonchev–Trinajstić information content (AvgIpc) is 2.98. The second kappa shape index (κ2) is 21.9. The van der Waals surface area contributed by atoms with Gasteiger partial charge in [-0.05, 0) is 59.6 Å². The van der Waals surface area contributed by atoms with E-state index in [9.17, 15) is 0 Å². The number of hydrogen-bond donors (Lipinski definition) is 0. The fourth-order valence-electron chi connectivity index (χ4n) is 5.69. The zero-order valence-corrected chi connectivity index (χ0v) is 29.6. The zero-order chi connectivity index (χ0) is 31.6. The average molecular weight is 638 g/mol. The number of ether oxygens (including phenoxy) is 4. The van der Waals surface area contributed by atoms with Crippen molar-refractivity contribution in [3.8, 4) is 0 Å². The normalized spacial score (nSPS) is 28.0. The zero-order valence-electron chi connectivity index (χ0n) is 28.8. The molecule has 0 bridgehead atoms. The van der Waals surface area contributed by atoms with Crippen LogP contribution >= 0.6 is 11.8 Å². The molecule has 1 aromatic carbocycles. The second-order valence-electron chi connectivity index (χ2n) is 13.0. The minimum absolute atomic E-state index is 0.122. The van der Waals surface area contributed by atoms with Crippen molar-refractivity contribution in [2.24, 2.45) is 0 Å². The van der Waals surface area contributed by atoms with Crippen molar-refractivity contribution in [1.29, 1.82) is 0 Å². The lowest BCUT2D eigenvalue weighted by molar-refractivity contribution is -0.00562. The molecule has 9 nitrogen and oxygen atoms in total. The minimum atomic E-state index is 0.122. The van der Waals surface area contributed by atoms with Crippen molar-refractivity contribution in [3.05, 3.63) is 35.4 Å². The van der Waals surface area contributed by atoms with Gasteiger partial charge < -0.3 is 38.5 Å². The van der Waals surface area contributed by atoms with Crippen LogP contribution in [-0.4, -0.2) is 181 Å². The van der Waals surface area contributed by atoms with Crippen LogP contribution in [0.15, 0.2) is 24.3 Å². The third kappa shape index (κ3) is 16.7. The molecule has 0 amide bonds. The van der Waals surface area contributed by atoms with E-state index in [1.54, 1.807) is 0 Å². The smallest absolute Gasteiger partial charge is 0.0742 e. The Balaban J connectivity index is 1.55. The van der Waals surface area contributed by atoms with Gasteiger partial charge in [-0.1, -0.05) is 24.3 Å². The molecular formula is C34H63N5O4S. The van der Waals surface area contributed by atoms with Crippen LogP contribution in [0.4, 0.5) is 0 Å². The number of benzene rings is 1. The molecule has 0 N–H and O–H groups in total. The molecule has 3 atom stereocenters. The SMILES string of the molecule is CC1CN(C)CCOCCN(C)CCOC(C)CN(C)CCOC(Cc2ccc(CN3CCSCC3)cc2)CN(C)CCO1. The largest absolute Gasteiger partial charge is 0.379 e. The highest BCUT2D eigenvalue weighted by atomic mass is 32.2. The van der Waals surface area contributed by atoms with Crippen molar-refractivity contribution in [3.63, 3.8) is 0 Å². The molecule has 44 heavy (non-hydrogen) atoms. The van der Waals surface area contributed by atoms with Gasteiger partial charge in [0.1, 0.15) is 0 Å². The summed E-state index contributed by atoms with van der Waals surface area (Å²) in [5.41, 5.74) is 2.74. The van der Waals surface area contributed by atoms with Crippen molar-refractivity contribution in [1.82, 2.24) is 24.5 Å². The molecule has 2 saturated heterocycles. The summed E-state index contributed by atoms with van der Waals surface area (Å²) in [6.07, 6.45) is 1.39. The number of likely N-dealkylation sites (N-methyl/N-ethyl adjacent to an activating group) is 4. The first kappa shape index (κ1) is 37.7. The number of nitrogens with zero attached hydrogens (tertiary/aromatic N) is 5. The van der Waals surface area contributed by atoms with E-state index in [4.69, 9.17) is 18.9 Å². The predicted octanol–water partition coefficient (Wildman–Crippen LogP) is 2.73.